The van der Waals surface area contributed by atoms with Crippen molar-refractivity contribution in [2.45, 2.75) is 25.8 Å². The Labute approximate surface area is 162 Å². The third kappa shape index (κ3) is 5.02. The molecule has 1 atom stereocenters. The van der Waals surface area contributed by atoms with Crippen molar-refractivity contribution in [1.82, 2.24) is 5.32 Å². The van der Waals surface area contributed by atoms with Crippen molar-refractivity contribution in [2.75, 3.05) is 14.2 Å². The summed E-state index contributed by atoms with van der Waals surface area (Å²) in [5, 5.41) is 3.08. The first-order chi connectivity index (χ1) is 12.3. The fraction of sp³-hybridized carbons (Fsp3) is 0.316. The van der Waals surface area contributed by atoms with Crippen molar-refractivity contribution in [3.05, 3.63) is 57.3 Å². The molecule has 0 radical (unpaired) electrons. The van der Waals surface area contributed by atoms with Gasteiger partial charge in [-0.15, -0.1) is 0 Å². The Balaban J connectivity index is 1.98. The molecule has 0 heterocycles. The molecule has 7 heteroatoms. The number of hydrogen-bond acceptors (Lipinski definition) is 3. The van der Waals surface area contributed by atoms with E-state index in [0.29, 0.717) is 28.5 Å². The van der Waals surface area contributed by atoms with E-state index >= 15 is 0 Å². The van der Waals surface area contributed by atoms with Crippen LogP contribution < -0.4 is 14.8 Å². The number of benzene rings is 2. The van der Waals surface area contributed by atoms with E-state index in [4.69, 9.17) is 32.7 Å². The maximum atomic E-state index is 13.6. The first-order valence-corrected chi connectivity index (χ1v) is 8.76. The monoisotopic (exact) mass is 399 g/mol. The van der Waals surface area contributed by atoms with Crippen LogP contribution in [0.15, 0.2) is 30.3 Å². The van der Waals surface area contributed by atoms with Gasteiger partial charge in [-0.1, -0.05) is 29.3 Å². The predicted molar refractivity (Wildman–Crippen MR) is 101 cm³/mol. The zero-order valence-electron chi connectivity index (χ0n) is 14.7. The number of hydrogen-bond donors (Lipinski definition) is 1. The summed E-state index contributed by atoms with van der Waals surface area (Å²) in [6, 6.07) is 7.64. The van der Waals surface area contributed by atoms with Gasteiger partial charge >= 0.3 is 0 Å². The molecule has 0 saturated carbocycles. The van der Waals surface area contributed by atoms with Gasteiger partial charge in [0.05, 0.1) is 25.3 Å². The first-order valence-electron chi connectivity index (χ1n) is 8.00. The molecule has 4 nitrogen and oxygen atoms in total. The number of aryl methyl sites for hydroxylation is 1. The van der Waals surface area contributed by atoms with Crippen LogP contribution in [-0.4, -0.2) is 20.1 Å². The Kier molecular flexibility index (Phi) is 7.12. The SMILES string of the molecule is COc1ccc(CCC(=O)NC(C)c2cc(F)c(Cl)cc2Cl)cc1OC. The molecule has 2 aromatic carbocycles. The molecule has 1 amide bonds. The summed E-state index contributed by atoms with van der Waals surface area (Å²) in [4.78, 5) is 12.2. The summed E-state index contributed by atoms with van der Waals surface area (Å²) in [5.41, 5.74) is 1.43. The molecule has 140 valence electrons. The van der Waals surface area contributed by atoms with Crippen molar-refractivity contribution >= 4 is 29.1 Å². The Morgan fingerprint density at radius 2 is 1.81 bits per heavy atom. The largest absolute Gasteiger partial charge is 0.493 e. The summed E-state index contributed by atoms with van der Waals surface area (Å²) in [5.74, 6) is 0.507. The normalized spacial score (nSPS) is 11.8. The number of rotatable bonds is 7. The maximum Gasteiger partial charge on any atom is 0.220 e. The molecule has 0 aromatic heterocycles. The lowest BCUT2D eigenvalue weighted by atomic mass is 10.1. The molecule has 0 fully saturated rings. The molecule has 0 aliphatic heterocycles. The van der Waals surface area contributed by atoms with Crippen LogP contribution in [0.2, 0.25) is 10.0 Å². The maximum absolute atomic E-state index is 13.6. The summed E-state index contributed by atoms with van der Waals surface area (Å²) in [7, 11) is 3.13. The van der Waals surface area contributed by atoms with E-state index < -0.39 is 11.9 Å². The number of halogens is 3. The average molecular weight is 400 g/mol. The van der Waals surface area contributed by atoms with Crippen LogP contribution in [0, 0.1) is 5.82 Å². The molecule has 0 saturated heterocycles. The molecule has 1 unspecified atom stereocenters. The van der Waals surface area contributed by atoms with Gasteiger partial charge in [0.1, 0.15) is 5.82 Å². The fourth-order valence-electron chi connectivity index (χ4n) is 2.56. The predicted octanol–water partition coefficient (Wildman–Crippen LogP) is 4.96. The highest BCUT2D eigenvalue weighted by Crippen LogP contribution is 2.29. The zero-order chi connectivity index (χ0) is 19.3. The van der Waals surface area contributed by atoms with E-state index in [1.54, 1.807) is 27.2 Å². The zero-order valence-corrected chi connectivity index (χ0v) is 16.2. The van der Waals surface area contributed by atoms with Crippen LogP contribution in [0.25, 0.3) is 0 Å². The van der Waals surface area contributed by atoms with Gasteiger partial charge in [0.25, 0.3) is 0 Å². The van der Waals surface area contributed by atoms with Crippen LogP contribution in [0.3, 0.4) is 0 Å². The Morgan fingerprint density at radius 1 is 1.12 bits per heavy atom. The summed E-state index contributed by atoms with van der Waals surface area (Å²) in [6.07, 6.45) is 0.801. The minimum absolute atomic E-state index is 0.0503. The van der Waals surface area contributed by atoms with Gasteiger partial charge in [-0.05, 0) is 48.7 Å². The molecule has 0 spiro atoms. The minimum Gasteiger partial charge on any atom is -0.493 e. The van der Waals surface area contributed by atoms with Gasteiger partial charge in [-0.2, -0.15) is 0 Å². The molecule has 0 bridgehead atoms. The van der Waals surface area contributed by atoms with Gasteiger partial charge in [0, 0.05) is 11.4 Å². The third-order valence-corrected chi connectivity index (χ3v) is 4.59. The van der Waals surface area contributed by atoms with Crippen LogP contribution in [0.4, 0.5) is 4.39 Å². The van der Waals surface area contributed by atoms with E-state index in [-0.39, 0.29) is 17.4 Å². The van der Waals surface area contributed by atoms with Gasteiger partial charge in [0.15, 0.2) is 11.5 Å². The first kappa shape index (κ1) is 20.3. The molecule has 0 aliphatic carbocycles. The van der Waals surface area contributed by atoms with Gasteiger partial charge < -0.3 is 14.8 Å². The third-order valence-electron chi connectivity index (χ3n) is 3.97. The van der Waals surface area contributed by atoms with Crippen molar-refractivity contribution < 1.29 is 18.7 Å². The van der Waals surface area contributed by atoms with Crippen LogP contribution in [-0.2, 0) is 11.2 Å². The summed E-state index contributed by atoms with van der Waals surface area (Å²) >= 11 is 11.8. The van der Waals surface area contributed by atoms with Crippen molar-refractivity contribution in [3.63, 3.8) is 0 Å². The highest BCUT2D eigenvalue weighted by molar-refractivity contribution is 6.35. The molecule has 1 N–H and O–H groups in total. The topological polar surface area (TPSA) is 47.6 Å². The van der Waals surface area contributed by atoms with Crippen LogP contribution in [0.1, 0.15) is 30.5 Å². The van der Waals surface area contributed by atoms with Gasteiger partial charge in [-0.3, -0.25) is 4.79 Å². The Morgan fingerprint density at radius 3 is 2.46 bits per heavy atom. The molecule has 0 aliphatic rings. The van der Waals surface area contributed by atoms with Crippen LogP contribution >= 0.6 is 23.2 Å². The Bertz CT molecular complexity index is 799. The van der Waals surface area contributed by atoms with E-state index in [2.05, 4.69) is 5.32 Å². The number of nitrogens with one attached hydrogen (secondary N) is 1. The van der Waals surface area contributed by atoms with Gasteiger partial charge in [0.2, 0.25) is 5.91 Å². The summed E-state index contributed by atoms with van der Waals surface area (Å²) in [6.45, 7) is 1.74. The minimum atomic E-state index is -0.572. The second-order valence-electron chi connectivity index (χ2n) is 5.77. The second-order valence-corrected chi connectivity index (χ2v) is 6.58. The van der Waals surface area contributed by atoms with Crippen LogP contribution in [0.5, 0.6) is 11.5 Å². The van der Waals surface area contributed by atoms with E-state index in [1.165, 1.54) is 12.1 Å². The summed E-state index contributed by atoms with van der Waals surface area (Å²) < 4.78 is 24.1. The lowest BCUT2D eigenvalue weighted by Crippen LogP contribution is -2.27. The number of ether oxygens (including phenoxy) is 2. The standard InChI is InChI=1S/C19H20Cl2FNO3/c1-11(13-9-16(22)15(21)10-14(13)20)23-19(24)7-5-12-4-6-17(25-2)18(8-12)26-3/h4,6,8-11H,5,7H2,1-3H3,(H,23,24). The fourth-order valence-corrected chi connectivity index (χ4v) is 3.10. The highest BCUT2D eigenvalue weighted by Gasteiger charge is 2.16. The lowest BCUT2D eigenvalue weighted by molar-refractivity contribution is -0.121. The quantitative estimate of drug-likeness (QED) is 0.669. The van der Waals surface area contributed by atoms with E-state index in [9.17, 15) is 9.18 Å². The van der Waals surface area contributed by atoms with Crippen molar-refractivity contribution in [2.24, 2.45) is 0 Å². The van der Waals surface area contributed by atoms with E-state index in [1.807, 2.05) is 12.1 Å². The van der Waals surface area contributed by atoms with Crippen molar-refractivity contribution in [3.8, 4) is 11.5 Å². The molecule has 2 aromatic rings. The molecule has 26 heavy (non-hydrogen) atoms. The number of amides is 1. The molecular weight excluding hydrogens is 380 g/mol. The highest BCUT2D eigenvalue weighted by atomic mass is 35.5. The molecule has 2 rings (SSSR count). The second kappa shape index (κ2) is 9.10. The average Bonchev–Trinajstić information content (AvgIpc) is 2.62. The van der Waals surface area contributed by atoms with E-state index in [0.717, 1.165) is 5.56 Å². The van der Waals surface area contributed by atoms with Crippen molar-refractivity contribution in [1.29, 1.82) is 0 Å². The number of carbonyl (C=O) groups is 1. The smallest absolute Gasteiger partial charge is 0.220 e. The lowest BCUT2D eigenvalue weighted by Gasteiger charge is -2.16. The molecular formula is C19H20Cl2FNO3. The number of carbonyl (C=O) groups excluding carboxylic acids is 1. The Hall–Kier alpha value is -1.98. The number of methoxy groups -OCH3 is 2. The van der Waals surface area contributed by atoms with Gasteiger partial charge in [-0.25, -0.2) is 4.39 Å².